The summed E-state index contributed by atoms with van der Waals surface area (Å²) in [5.41, 5.74) is 1.56. The van der Waals surface area contributed by atoms with E-state index < -0.39 is 0 Å². The van der Waals surface area contributed by atoms with Crippen LogP contribution in [0.15, 0.2) is 60.3 Å². The van der Waals surface area contributed by atoms with E-state index in [2.05, 4.69) is 10.2 Å². The Labute approximate surface area is 164 Å². The van der Waals surface area contributed by atoms with Gasteiger partial charge in [-0.25, -0.2) is 0 Å². The minimum absolute atomic E-state index is 0.178. The van der Waals surface area contributed by atoms with Crippen molar-refractivity contribution in [2.24, 2.45) is 0 Å². The van der Waals surface area contributed by atoms with Crippen molar-refractivity contribution in [1.29, 1.82) is 0 Å². The number of benzene rings is 2. The number of hydrogen-bond donors (Lipinski definition) is 1. The molecular formula is C21H22ClN3O2. The maximum atomic E-state index is 13.0. The number of rotatable bonds is 4. The van der Waals surface area contributed by atoms with E-state index in [9.17, 15) is 9.59 Å². The highest BCUT2D eigenvalue weighted by molar-refractivity contribution is 6.30. The molecule has 5 nitrogen and oxygen atoms in total. The van der Waals surface area contributed by atoms with Gasteiger partial charge >= 0.3 is 0 Å². The summed E-state index contributed by atoms with van der Waals surface area (Å²) < 4.78 is 0. The molecule has 3 rings (SSSR count). The Kier molecular flexibility index (Phi) is 6.27. The lowest BCUT2D eigenvalue weighted by Gasteiger charge is -2.33. The average molecular weight is 384 g/mol. The fourth-order valence-electron chi connectivity index (χ4n) is 2.84. The lowest BCUT2D eigenvalue weighted by Crippen LogP contribution is -2.49. The van der Waals surface area contributed by atoms with Gasteiger partial charge in [-0.05, 0) is 43.0 Å². The molecular weight excluding hydrogens is 362 g/mol. The minimum atomic E-state index is -0.307. The van der Waals surface area contributed by atoms with Crippen molar-refractivity contribution in [1.82, 2.24) is 15.1 Å². The molecule has 2 aromatic rings. The summed E-state index contributed by atoms with van der Waals surface area (Å²) in [4.78, 5) is 29.6. The molecule has 0 aliphatic carbocycles. The topological polar surface area (TPSA) is 52.6 Å². The van der Waals surface area contributed by atoms with Gasteiger partial charge in [0.1, 0.15) is 5.70 Å². The second-order valence-electron chi connectivity index (χ2n) is 6.53. The molecule has 1 N–H and O–H groups in total. The molecule has 140 valence electrons. The monoisotopic (exact) mass is 383 g/mol. The molecule has 0 aromatic heterocycles. The van der Waals surface area contributed by atoms with Gasteiger partial charge in [-0.3, -0.25) is 9.59 Å². The number of piperazine rings is 1. The normalized spacial score (nSPS) is 15.5. The number of amides is 2. The van der Waals surface area contributed by atoms with E-state index in [-0.39, 0.29) is 17.5 Å². The third kappa shape index (κ3) is 5.18. The Morgan fingerprint density at radius 1 is 0.963 bits per heavy atom. The van der Waals surface area contributed by atoms with Crippen LogP contribution in [0, 0.1) is 0 Å². The molecule has 0 spiro atoms. The van der Waals surface area contributed by atoms with Crippen LogP contribution in [0.4, 0.5) is 0 Å². The van der Waals surface area contributed by atoms with Gasteiger partial charge in [0.05, 0.1) is 0 Å². The van der Waals surface area contributed by atoms with Crippen LogP contribution in [-0.4, -0.2) is 54.8 Å². The van der Waals surface area contributed by atoms with Crippen molar-refractivity contribution in [3.63, 3.8) is 0 Å². The summed E-state index contributed by atoms with van der Waals surface area (Å²) in [6.45, 7) is 2.89. The highest BCUT2D eigenvalue weighted by atomic mass is 35.5. The summed E-state index contributed by atoms with van der Waals surface area (Å²) in [6, 6.07) is 16.0. The highest BCUT2D eigenvalue weighted by Gasteiger charge is 2.23. The van der Waals surface area contributed by atoms with Gasteiger partial charge in [0, 0.05) is 36.8 Å². The maximum Gasteiger partial charge on any atom is 0.270 e. The molecule has 0 bridgehead atoms. The van der Waals surface area contributed by atoms with Crippen LogP contribution < -0.4 is 5.32 Å². The Morgan fingerprint density at radius 2 is 1.59 bits per heavy atom. The molecule has 2 amide bonds. The fraction of sp³-hybridized carbons (Fsp3) is 0.238. The summed E-state index contributed by atoms with van der Waals surface area (Å²) in [5.74, 6) is -0.486. The van der Waals surface area contributed by atoms with E-state index in [1.165, 1.54) is 0 Å². The largest absolute Gasteiger partial charge is 0.335 e. The van der Waals surface area contributed by atoms with Gasteiger partial charge in [-0.15, -0.1) is 0 Å². The Hall–Kier alpha value is -2.63. The molecule has 0 saturated carbocycles. The van der Waals surface area contributed by atoms with Gasteiger partial charge in [-0.1, -0.05) is 41.9 Å². The zero-order valence-corrected chi connectivity index (χ0v) is 15.9. The van der Waals surface area contributed by atoms with E-state index in [0.29, 0.717) is 23.7 Å². The summed E-state index contributed by atoms with van der Waals surface area (Å²) in [6.07, 6.45) is 1.69. The lowest BCUT2D eigenvalue weighted by molar-refractivity contribution is -0.128. The molecule has 1 saturated heterocycles. The Balaban J connectivity index is 1.85. The van der Waals surface area contributed by atoms with E-state index in [4.69, 9.17) is 11.6 Å². The van der Waals surface area contributed by atoms with Crippen LogP contribution in [-0.2, 0) is 4.79 Å². The van der Waals surface area contributed by atoms with Crippen molar-refractivity contribution in [2.45, 2.75) is 0 Å². The van der Waals surface area contributed by atoms with Crippen LogP contribution in [0.3, 0.4) is 0 Å². The molecule has 1 aliphatic heterocycles. The SMILES string of the molecule is CN1CCN(C(=O)/C(=C/c2ccc(Cl)cc2)NC(=O)c2ccccc2)CC1. The third-order valence-electron chi connectivity index (χ3n) is 4.49. The highest BCUT2D eigenvalue weighted by Crippen LogP contribution is 2.14. The molecule has 0 radical (unpaired) electrons. The second-order valence-corrected chi connectivity index (χ2v) is 6.96. The van der Waals surface area contributed by atoms with Gasteiger partial charge in [0.2, 0.25) is 0 Å². The molecule has 2 aromatic carbocycles. The van der Waals surface area contributed by atoms with Crippen LogP contribution in [0.5, 0.6) is 0 Å². The number of likely N-dealkylation sites (N-methyl/N-ethyl adjacent to an activating group) is 1. The lowest BCUT2D eigenvalue weighted by atomic mass is 10.1. The maximum absolute atomic E-state index is 13.0. The second kappa shape index (κ2) is 8.84. The number of carbonyl (C=O) groups excluding carboxylic acids is 2. The average Bonchev–Trinajstić information content (AvgIpc) is 2.70. The quantitative estimate of drug-likeness (QED) is 0.826. The first-order valence-electron chi connectivity index (χ1n) is 8.84. The Morgan fingerprint density at radius 3 is 2.22 bits per heavy atom. The summed E-state index contributed by atoms with van der Waals surface area (Å²) in [7, 11) is 2.03. The zero-order chi connectivity index (χ0) is 19.2. The first-order valence-corrected chi connectivity index (χ1v) is 9.22. The molecule has 0 unspecified atom stereocenters. The molecule has 27 heavy (non-hydrogen) atoms. The van der Waals surface area contributed by atoms with Crippen molar-refractivity contribution >= 4 is 29.5 Å². The molecule has 1 aliphatic rings. The summed E-state index contributed by atoms with van der Waals surface area (Å²) >= 11 is 5.94. The first-order chi connectivity index (χ1) is 13.0. The van der Waals surface area contributed by atoms with Crippen molar-refractivity contribution < 1.29 is 9.59 Å². The fourth-order valence-corrected chi connectivity index (χ4v) is 2.97. The zero-order valence-electron chi connectivity index (χ0n) is 15.2. The number of carbonyl (C=O) groups is 2. The van der Waals surface area contributed by atoms with E-state index >= 15 is 0 Å². The number of nitrogens with one attached hydrogen (secondary N) is 1. The van der Waals surface area contributed by atoms with Gasteiger partial charge in [0.15, 0.2) is 0 Å². The number of hydrogen-bond acceptors (Lipinski definition) is 3. The smallest absolute Gasteiger partial charge is 0.270 e. The van der Waals surface area contributed by atoms with Gasteiger partial charge in [0.25, 0.3) is 11.8 Å². The first kappa shape index (κ1) is 19.1. The van der Waals surface area contributed by atoms with Gasteiger partial charge < -0.3 is 15.1 Å². The molecule has 1 heterocycles. The molecule has 6 heteroatoms. The van der Waals surface area contributed by atoms with Crippen LogP contribution in [0.25, 0.3) is 6.08 Å². The van der Waals surface area contributed by atoms with Crippen molar-refractivity contribution in [2.75, 3.05) is 33.2 Å². The third-order valence-corrected chi connectivity index (χ3v) is 4.74. The molecule has 1 fully saturated rings. The van der Waals surface area contributed by atoms with Crippen LogP contribution in [0.2, 0.25) is 5.02 Å². The van der Waals surface area contributed by atoms with Crippen molar-refractivity contribution in [3.8, 4) is 0 Å². The van der Waals surface area contributed by atoms with Crippen LogP contribution >= 0.6 is 11.6 Å². The standard InChI is InChI=1S/C21H22ClN3O2/c1-24-11-13-25(14-12-24)21(27)19(15-16-7-9-18(22)10-8-16)23-20(26)17-5-3-2-4-6-17/h2-10,15H,11-14H2,1H3,(H,23,26)/b19-15-. The van der Waals surface area contributed by atoms with E-state index in [1.807, 2.05) is 25.2 Å². The number of halogens is 1. The Bertz CT molecular complexity index is 826. The predicted molar refractivity (Wildman–Crippen MR) is 107 cm³/mol. The van der Waals surface area contributed by atoms with E-state index in [0.717, 1.165) is 18.7 Å². The van der Waals surface area contributed by atoms with E-state index in [1.54, 1.807) is 47.4 Å². The summed E-state index contributed by atoms with van der Waals surface area (Å²) in [5, 5.41) is 3.41. The van der Waals surface area contributed by atoms with Crippen molar-refractivity contribution in [3.05, 3.63) is 76.4 Å². The number of nitrogens with zero attached hydrogens (tertiary/aromatic N) is 2. The minimum Gasteiger partial charge on any atom is -0.335 e. The van der Waals surface area contributed by atoms with Gasteiger partial charge in [-0.2, -0.15) is 0 Å². The predicted octanol–water partition coefficient (Wildman–Crippen LogP) is 2.88. The molecule has 0 atom stereocenters. The van der Waals surface area contributed by atoms with Crippen LogP contribution in [0.1, 0.15) is 15.9 Å².